The number of hydrogen-bond donors (Lipinski definition) is 1. The molecule has 0 spiro atoms. The summed E-state index contributed by atoms with van der Waals surface area (Å²) in [6, 6.07) is 2.96. The van der Waals surface area contributed by atoms with Crippen molar-refractivity contribution in [2.75, 3.05) is 0 Å². The quantitative estimate of drug-likeness (QED) is 0.772. The van der Waals surface area contributed by atoms with Crippen LogP contribution in [0.3, 0.4) is 0 Å². The Morgan fingerprint density at radius 2 is 2.19 bits per heavy atom. The summed E-state index contributed by atoms with van der Waals surface area (Å²) < 4.78 is 2.26. The normalized spacial score (nSPS) is 20.3. The summed E-state index contributed by atoms with van der Waals surface area (Å²) >= 11 is 0. The van der Waals surface area contributed by atoms with Crippen molar-refractivity contribution in [1.29, 1.82) is 0 Å². The minimum absolute atomic E-state index is 0.671. The van der Waals surface area contributed by atoms with Crippen molar-refractivity contribution in [2.24, 2.45) is 7.05 Å². The monoisotopic (exact) mass is 218 g/mol. The highest BCUT2D eigenvalue weighted by Crippen LogP contribution is 2.15. The molecule has 1 heterocycles. The molecule has 1 unspecified atom stereocenters. The average Bonchev–Trinajstić information content (AvgIpc) is 2.56. The third-order valence-electron chi connectivity index (χ3n) is 3.73. The van der Waals surface area contributed by atoms with E-state index in [4.69, 9.17) is 0 Å². The first-order valence-electron chi connectivity index (χ1n) is 6.18. The number of rotatable bonds is 3. The lowest BCUT2D eigenvalue weighted by Crippen LogP contribution is -2.29. The molecule has 0 aliphatic heterocycles. The van der Waals surface area contributed by atoms with Crippen molar-refractivity contribution in [1.82, 2.24) is 9.88 Å². The van der Waals surface area contributed by atoms with Gasteiger partial charge in [-0.25, -0.2) is 0 Å². The van der Waals surface area contributed by atoms with Crippen molar-refractivity contribution in [3.05, 3.63) is 35.2 Å². The van der Waals surface area contributed by atoms with Crippen LogP contribution < -0.4 is 5.32 Å². The van der Waals surface area contributed by atoms with E-state index in [1.54, 1.807) is 0 Å². The fourth-order valence-electron chi connectivity index (χ4n) is 2.35. The maximum absolute atomic E-state index is 3.65. The van der Waals surface area contributed by atoms with Crippen LogP contribution in [0.1, 0.15) is 36.2 Å². The average molecular weight is 218 g/mol. The van der Waals surface area contributed by atoms with Gasteiger partial charge < -0.3 is 9.88 Å². The third-order valence-corrected chi connectivity index (χ3v) is 3.73. The predicted molar refractivity (Wildman–Crippen MR) is 68.5 cm³/mol. The molecule has 0 bridgehead atoms. The summed E-state index contributed by atoms with van der Waals surface area (Å²) in [6.07, 6.45) is 8.27. The fourth-order valence-corrected chi connectivity index (χ4v) is 2.35. The van der Waals surface area contributed by atoms with Crippen LogP contribution >= 0.6 is 0 Å². The molecule has 1 aromatic heterocycles. The van der Waals surface area contributed by atoms with E-state index in [0.29, 0.717) is 6.04 Å². The molecule has 1 aliphatic carbocycles. The third kappa shape index (κ3) is 2.38. The van der Waals surface area contributed by atoms with Gasteiger partial charge in [0.05, 0.1) is 0 Å². The molecule has 2 rings (SSSR count). The molecule has 2 nitrogen and oxygen atoms in total. The first-order valence-corrected chi connectivity index (χ1v) is 6.18. The van der Waals surface area contributed by atoms with Gasteiger partial charge in [0.25, 0.3) is 0 Å². The van der Waals surface area contributed by atoms with Crippen LogP contribution in [0.25, 0.3) is 0 Å². The summed E-state index contributed by atoms with van der Waals surface area (Å²) in [5.41, 5.74) is 4.17. The van der Waals surface area contributed by atoms with Gasteiger partial charge in [-0.3, -0.25) is 0 Å². The van der Waals surface area contributed by atoms with E-state index in [0.717, 1.165) is 6.54 Å². The molecule has 0 radical (unpaired) electrons. The minimum atomic E-state index is 0.671. The van der Waals surface area contributed by atoms with E-state index in [2.05, 4.69) is 49.0 Å². The van der Waals surface area contributed by atoms with Crippen LogP contribution in [0.4, 0.5) is 0 Å². The molecule has 0 fully saturated rings. The van der Waals surface area contributed by atoms with Gasteiger partial charge in [-0.15, -0.1) is 0 Å². The highest BCUT2D eigenvalue weighted by molar-refractivity contribution is 5.26. The number of nitrogens with one attached hydrogen (secondary N) is 1. The Balaban J connectivity index is 1.94. The molecule has 0 saturated carbocycles. The van der Waals surface area contributed by atoms with E-state index < -0.39 is 0 Å². The van der Waals surface area contributed by atoms with Gasteiger partial charge in [0.2, 0.25) is 0 Å². The van der Waals surface area contributed by atoms with Gasteiger partial charge in [-0.05, 0) is 44.7 Å². The summed E-state index contributed by atoms with van der Waals surface area (Å²) in [6.45, 7) is 5.37. The second-order valence-corrected chi connectivity index (χ2v) is 4.82. The van der Waals surface area contributed by atoms with Crippen LogP contribution in [-0.4, -0.2) is 10.6 Å². The molecule has 1 atom stereocenters. The Hall–Kier alpha value is -1.02. The molecular formula is C14H22N2. The zero-order chi connectivity index (χ0) is 11.5. The van der Waals surface area contributed by atoms with Crippen molar-refractivity contribution >= 4 is 0 Å². The number of aryl methyl sites for hydroxylation is 1. The lowest BCUT2D eigenvalue weighted by atomic mass is 10.0. The largest absolute Gasteiger partial charge is 0.352 e. The molecule has 0 saturated heterocycles. The van der Waals surface area contributed by atoms with Gasteiger partial charge in [0.15, 0.2) is 0 Å². The second-order valence-electron chi connectivity index (χ2n) is 4.82. The lowest BCUT2D eigenvalue weighted by molar-refractivity contribution is 0.473. The zero-order valence-electron chi connectivity index (χ0n) is 10.6. The number of hydrogen-bond acceptors (Lipinski definition) is 1. The molecule has 0 aromatic carbocycles. The van der Waals surface area contributed by atoms with E-state index in [-0.39, 0.29) is 0 Å². The second kappa shape index (κ2) is 4.88. The fraction of sp³-hybridized carbons (Fsp3) is 0.571. The van der Waals surface area contributed by atoms with Crippen molar-refractivity contribution in [3.8, 4) is 0 Å². The maximum atomic E-state index is 3.65. The molecule has 2 heteroatoms. The van der Waals surface area contributed by atoms with E-state index in [1.807, 2.05) is 0 Å². The van der Waals surface area contributed by atoms with E-state index in [9.17, 15) is 0 Å². The lowest BCUT2D eigenvalue weighted by Gasteiger charge is -2.19. The Labute approximate surface area is 98.4 Å². The molecule has 1 aliphatic rings. The number of nitrogens with zero attached hydrogens (tertiary/aromatic N) is 1. The van der Waals surface area contributed by atoms with Crippen molar-refractivity contribution in [2.45, 2.75) is 45.7 Å². The molecular weight excluding hydrogens is 196 g/mol. The first kappa shape index (κ1) is 11.5. The smallest absolute Gasteiger partial charge is 0.0226 e. The zero-order valence-corrected chi connectivity index (χ0v) is 10.6. The Morgan fingerprint density at radius 3 is 2.75 bits per heavy atom. The summed E-state index contributed by atoms with van der Waals surface area (Å²) in [5, 5.41) is 3.65. The standard InChI is InChI=1S/C14H22N2/c1-11-9-13(12(2)16(11)3)10-15-14-7-5-4-6-8-14/h4-5,9,14-15H,6-8,10H2,1-3H3. The Bertz CT molecular complexity index is 388. The van der Waals surface area contributed by atoms with Crippen LogP contribution in [0.5, 0.6) is 0 Å². The van der Waals surface area contributed by atoms with E-state index >= 15 is 0 Å². The Morgan fingerprint density at radius 1 is 1.38 bits per heavy atom. The van der Waals surface area contributed by atoms with Gasteiger partial charge in [-0.1, -0.05) is 12.2 Å². The molecule has 16 heavy (non-hydrogen) atoms. The van der Waals surface area contributed by atoms with Gasteiger partial charge >= 0.3 is 0 Å². The van der Waals surface area contributed by atoms with Crippen molar-refractivity contribution < 1.29 is 0 Å². The SMILES string of the molecule is Cc1cc(CNC2CC=CCC2)c(C)n1C. The van der Waals surface area contributed by atoms with Gasteiger partial charge in [0, 0.05) is 31.0 Å². The Kier molecular flexibility index (Phi) is 3.49. The predicted octanol–water partition coefficient (Wildman–Crippen LogP) is 2.84. The topological polar surface area (TPSA) is 17.0 Å². The minimum Gasteiger partial charge on any atom is -0.352 e. The summed E-state index contributed by atoms with van der Waals surface area (Å²) in [5.74, 6) is 0. The summed E-state index contributed by atoms with van der Waals surface area (Å²) in [4.78, 5) is 0. The summed E-state index contributed by atoms with van der Waals surface area (Å²) in [7, 11) is 2.14. The molecule has 88 valence electrons. The molecule has 1 aromatic rings. The van der Waals surface area contributed by atoms with Crippen LogP contribution in [-0.2, 0) is 13.6 Å². The van der Waals surface area contributed by atoms with Crippen LogP contribution in [0.2, 0.25) is 0 Å². The van der Waals surface area contributed by atoms with Crippen LogP contribution in [0.15, 0.2) is 18.2 Å². The van der Waals surface area contributed by atoms with E-state index in [1.165, 1.54) is 36.2 Å². The number of aromatic nitrogens is 1. The van der Waals surface area contributed by atoms with Crippen molar-refractivity contribution in [3.63, 3.8) is 0 Å². The number of allylic oxidation sites excluding steroid dienone is 1. The maximum Gasteiger partial charge on any atom is 0.0226 e. The first-order chi connectivity index (χ1) is 7.68. The highest BCUT2D eigenvalue weighted by Gasteiger charge is 2.11. The molecule has 1 N–H and O–H groups in total. The van der Waals surface area contributed by atoms with Gasteiger partial charge in [0.1, 0.15) is 0 Å². The van der Waals surface area contributed by atoms with Gasteiger partial charge in [-0.2, -0.15) is 0 Å². The van der Waals surface area contributed by atoms with Crippen LogP contribution in [0, 0.1) is 13.8 Å². The highest BCUT2D eigenvalue weighted by atomic mass is 15.0. The molecule has 0 amide bonds.